The van der Waals surface area contributed by atoms with E-state index < -0.39 is 0 Å². The Morgan fingerprint density at radius 3 is 2.24 bits per heavy atom. The number of fused-ring (bicyclic) bond motifs is 1. The SMILES string of the molecule is CN(C)c1ccc2c(Br)ccc(N(C)C)c2n1. The molecule has 1 aromatic heterocycles. The van der Waals surface area contributed by atoms with E-state index in [0.717, 1.165) is 26.9 Å². The second-order valence-electron chi connectivity index (χ2n) is 4.42. The van der Waals surface area contributed by atoms with E-state index in [1.165, 1.54) is 0 Å². The summed E-state index contributed by atoms with van der Waals surface area (Å²) in [7, 11) is 8.07. The minimum absolute atomic E-state index is 0.971. The van der Waals surface area contributed by atoms with Crippen LogP contribution in [0.5, 0.6) is 0 Å². The van der Waals surface area contributed by atoms with Crippen LogP contribution in [0.2, 0.25) is 0 Å². The van der Waals surface area contributed by atoms with Gasteiger partial charge in [-0.3, -0.25) is 0 Å². The minimum Gasteiger partial charge on any atom is -0.376 e. The molecule has 0 amide bonds. The topological polar surface area (TPSA) is 19.4 Å². The number of aromatic nitrogens is 1. The summed E-state index contributed by atoms with van der Waals surface area (Å²) in [4.78, 5) is 8.81. The van der Waals surface area contributed by atoms with Gasteiger partial charge in [0.15, 0.2) is 0 Å². The van der Waals surface area contributed by atoms with Gasteiger partial charge in [-0.15, -0.1) is 0 Å². The first kappa shape index (κ1) is 12.2. The third kappa shape index (κ3) is 2.22. The average Bonchev–Trinajstić information content (AvgIpc) is 2.28. The smallest absolute Gasteiger partial charge is 0.128 e. The standard InChI is InChI=1S/C13H16BrN3/c1-16(2)11-7-6-10(14)9-5-8-12(17(3)4)15-13(9)11/h5-8H,1-4H3. The van der Waals surface area contributed by atoms with E-state index in [9.17, 15) is 0 Å². The fourth-order valence-electron chi connectivity index (χ4n) is 1.77. The summed E-state index contributed by atoms with van der Waals surface area (Å²) in [6.07, 6.45) is 0. The molecule has 0 fully saturated rings. The van der Waals surface area contributed by atoms with Gasteiger partial charge >= 0.3 is 0 Å². The van der Waals surface area contributed by atoms with Crippen molar-refractivity contribution in [2.45, 2.75) is 0 Å². The molecule has 0 aliphatic rings. The highest BCUT2D eigenvalue weighted by Crippen LogP contribution is 2.31. The van der Waals surface area contributed by atoms with Crippen LogP contribution in [0.4, 0.5) is 11.5 Å². The van der Waals surface area contributed by atoms with Gasteiger partial charge in [-0.2, -0.15) is 0 Å². The molecule has 90 valence electrons. The molecule has 0 unspecified atom stereocenters. The Kier molecular flexibility index (Phi) is 3.24. The first-order chi connectivity index (χ1) is 8.00. The molecule has 3 nitrogen and oxygen atoms in total. The van der Waals surface area contributed by atoms with Gasteiger partial charge in [0.25, 0.3) is 0 Å². The lowest BCUT2D eigenvalue weighted by Gasteiger charge is -2.18. The zero-order valence-corrected chi connectivity index (χ0v) is 12.1. The summed E-state index contributed by atoms with van der Waals surface area (Å²) in [6, 6.07) is 8.29. The normalized spacial score (nSPS) is 10.6. The lowest BCUT2D eigenvalue weighted by Crippen LogP contribution is -2.12. The molecule has 0 bridgehead atoms. The third-order valence-corrected chi connectivity index (χ3v) is 3.40. The molecule has 1 aromatic carbocycles. The maximum atomic E-state index is 4.71. The van der Waals surface area contributed by atoms with Gasteiger partial charge in [0.1, 0.15) is 5.82 Å². The summed E-state index contributed by atoms with van der Waals surface area (Å²) < 4.78 is 1.08. The van der Waals surface area contributed by atoms with Crippen molar-refractivity contribution >= 4 is 38.3 Å². The second kappa shape index (κ2) is 4.53. The highest BCUT2D eigenvalue weighted by Gasteiger charge is 2.09. The summed E-state index contributed by atoms with van der Waals surface area (Å²) in [5, 5.41) is 1.14. The van der Waals surface area contributed by atoms with Gasteiger partial charge < -0.3 is 9.80 Å². The van der Waals surface area contributed by atoms with Crippen LogP contribution in [0.25, 0.3) is 10.9 Å². The molecule has 0 saturated carbocycles. The van der Waals surface area contributed by atoms with E-state index in [-0.39, 0.29) is 0 Å². The van der Waals surface area contributed by atoms with Crippen molar-refractivity contribution < 1.29 is 0 Å². The molecule has 0 saturated heterocycles. The number of nitrogens with zero attached hydrogens (tertiary/aromatic N) is 3. The van der Waals surface area contributed by atoms with Gasteiger partial charge in [-0.05, 0) is 24.3 Å². The van der Waals surface area contributed by atoms with Crippen molar-refractivity contribution in [2.24, 2.45) is 0 Å². The quantitative estimate of drug-likeness (QED) is 0.848. The van der Waals surface area contributed by atoms with Gasteiger partial charge in [-0.1, -0.05) is 15.9 Å². The maximum absolute atomic E-state index is 4.71. The van der Waals surface area contributed by atoms with Crippen LogP contribution < -0.4 is 9.80 Å². The number of halogens is 1. The van der Waals surface area contributed by atoms with E-state index in [2.05, 4.69) is 39.0 Å². The number of anilines is 2. The number of hydrogen-bond donors (Lipinski definition) is 0. The Labute approximate surface area is 110 Å². The molecule has 1 heterocycles. The van der Waals surface area contributed by atoms with Crippen LogP contribution in [0.1, 0.15) is 0 Å². The monoisotopic (exact) mass is 293 g/mol. The Hall–Kier alpha value is -1.29. The molecule has 0 N–H and O–H groups in total. The Morgan fingerprint density at radius 2 is 1.65 bits per heavy atom. The largest absolute Gasteiger partial charge is 0.376 e. The van der Waals surface area contributed by atoms with E-state index in [0.29, 0.717) is 0 Å². The van der Waals surface area contributed by atoms with Gasteiger partial charge in [0.05, 0.1) is 11.2 Å². The number of hydrogen-bond acceptors (Lipinski definition) is 3. The van der Waals surface area contributed by atoms with E-state index in [1.807, 2.05) is 39.2 Å². The molecule has 4 heteroatoms. The highest BCUT2D eigenvalue weighted by molar-refractivity contribution is 9.10. The van der Waals surface area contributed by atoms with Gasteiger partial charge in [0.2, 0.25) is 0 Å². The van der Waals surface area contributed by atoms with Crippen LogP contribution in [0.3, 0.4) is 0 Å². The molecule has 0 radical (unpaired) electrons. The van der Waals surface area contributed by atoms with Crippen LogP contribution in [0, 0.1) is 0 Å². The zero-order chi connectivity index (χ0) is 12.6. The fourth-order valence-corrected chi connectivity index (χ4v) is 2.22. The first-order valence-electron chi connectivity index (χ1n) is 5.44. The van der Waals surface area contributed by atoms with E-state index in [1.54, 1.807) is 0 Å². The molecular weight excluding hydrogens is 278 g/mol. The first-order valence-corrected chi connectivity index (χ1v) is 6.24. The van der Waals surface area contributed by atoms with Crippen molar-refractivity contribution in [2.75, 3.05) is 38.0 Å². The molecule has 2 aromatic rings. The van der Waals surface area contributed by atoms with Crippen molar-refractivity contribution in [3.8, 4) is 0 Å². The molecule has 17 heavy (non-hydrogen) atoms. The van der Waals surface area contributed by atoms with Gasteiger partial charge in [0, 0.05) is 38.0 Å². The fraction of sp³-hybridized carbons (Fsp3) is 0.308. The maximum Gasteiger partial charge on any atom is 0.128 e. The lowest BCUT2D eigenvalue weighted by atomic mass is 10.2. The molecule has 2 rings (SSSR count). The highest BCUT2D eigenvalue weighted by atomic mass is 79.9. The summed E-state index contributed by atoms with van der Waals surface area (Å²) in [6.45, 7) is 0. The molecule has 0 spiro atoms. The predicted molar refractivity (Wildman–Crippen MR) is 78.1 cm³/mol. The van der Waals surface area contributed by atoms with Crippen molar-refractivity contribution in [1.82, 2.24) is 4.98 Å². The van der Waals surface area contributed by atoms with Crippen molar-refractivity contribution in [3.05, 3.63) is 28.7 Å². The van der Waals surface area contributed by atoms with Crippen LogP contribution in [-0.2, 0) is 0 Å². The summed E-state index contributed by atoms with van der Waals surface area (Å²) >= 11 is 3.57. The van der Waals surface area contributed by atoms with Crippen molar-refractivity contribution in [3.63, 3.8) is 0 Å². The predicted octanol–water partition coefficient (Wildman–Crippen LogP) is 3.13. The number of rotatable bonds is 2. The van der Waals surface area contributed by atoms with Crippen LogP contribution >= 0.6 is 15.9 Å². The minimum atomic E-state index is 0.971. The molecule has 0 aliphatic heterocycles. The zero-order valence-electron chi connectivity index (χ0n) is 10.5. The molecular formula is C13H16BrN3. The van der Waals surface area contributed by atoms with Crippen LogP contribution in [0.15, 0.2) is 28.7 Å². The lowest BCUT2D eigenvalue weighted by molar-refractivity contribution is 1.08. The Morgan fingerprint density at radius 1 is 0.941 bits per heavy atom. The second-order valence-corrected chi connectivity index (χ2v) is 5.28. The van der Waals surface area contributed by atoms with Crippen LogP contribution in [-0.4, -0.2) is 33.2 Å². The third-order valence-electron chi connectivity index (χ3n) is 2.71. The average molecular weight is 294 g/mol. The Bertz CT molecular complexity index is 550. The van der Waals surface area contributed by atoms with E-state index >= 15 is 0 Å². The van der Waals surface area contributed by atoms with Crippen molar-refractivity contribution in [1.29, 1.82) is 0 Å². The number of pyridine rings is 1. The summed E-state index contributed by atoms with van der Waals surface area (Å²) in [5.41, 5.74) is 2.16. The molecule has 0 atom stereocenters. The van der Waals surface area contributed by atoms with E-state index in [4.69, 9.17) is 4.98 Å². The number of benzene rings is 1. The van der Waals surface area contributed by atoms with Gasteiger partial charge in [-0.25, -0.2) is 4.98 Å². The molecule has 0 aliphatic carbocycles. The Balaban J connectivity index is 2.76. The summed E-state index contributed by atoms with van der Waals surface area (Å²) in [5.74, 6) is 0.971.